The number of rotatable bonds is 3. The Bertz CT molecular complexity index is 293. The van der Waals surface area contributed by atoms with Crippen LogP contribution < -0.4 is 0 Å². The van der Waals surface area contributed by atoms with Gasteiger partial charge in [-0.3, -0.25) is 9.59 Å². The fourth-order valence-electron chi connectivity index (χ4n) is 1.89. The van der Waals surface area contributed by atoms with Gasteiger partial charge in [-0.2, -0.15) is 5.26 Å². The van der Waals surface area contributed by atoms with Crippen LogP contribution >= 0.6 is 0 Å². The summed E-state index contributed by atoms with van der Waals surface area (Å²) in [6.07, 6.45) is 2.97. The number of nitriles is 1. The Morgan fingerprint density at radius 3 is 2.93 bits per heavy atom. The van der Waals surface area contributed by atoms with Crippen molar-refractivity contribution < 1.29 is 14.3 Å². The molecule has 2 atom stereocenters. The molecule has 82 valence electrons. The van der Waals surface area contributed by atoms with Crippen LogP contribution in [0.4, 0.5) is 0 Å². The molecular formula is C11H15NO3. The summed E-state index contributed by atoms with van der Waals surface area (Å²) in [5.41, 5.74) is 0. The maximum absolute atomic E-state index is 11.5. The van der Waals surface area contributed by atoms with Gasteiger partial charge in [0.2, 0.25) is 0 Å². The molecular weight excluding hydrogens is 194 g/mol. The van der Waals surface area contributed by atoms with Gasteiger partial charge in [0.15, 0.2) is 6.10 Å². The molecule has 1 saturated carbocycles. The molecule has 0 aromatic carbocycles. The molecule has 0 amide bonds. The van der Waals surface area contributed by atoms with E-state index in [4.69, 9.17) is 10.00 Å². The molecule has 0 aromatic rings. The third-order valence-corrected chi connectivity index (χ3v) is 2.63. The minimum absolute atomic E-state index is 0.0947. The first-order valence-corrected chi connectivity index (χ1v) is 5.23. The van der Waals surface area contributed by atoms with Crippen molar-refractivity contribution in [2.75, 3.05) is 0 Å². The second kappa shape index (κ2) is 5.50. The number of nitrogens with zero attached hydrogens (tertiary/aromatic N) is 1. The van der Waals surface area contributed by atoms with Gasteiger partial charge in [0, 0.05) is 25.7 Å². The summed E-state index contributed by atoms with van der Waals surface area (Å²) in [7, 11) is 0. The lowest BCUT2D eigenvalue weighted by molar-refractivity contribution is -0.145. The Balaban J connectivity index is 2.47. The Kier molecular flexibility index (Phi) is 4.29. The predicted octanol–water partition coefficient (Wildman–Crippen LogP) is 1.59. The highest BCUT2D eigenvalue weighted by molar-refractivity contribution is 5.81. The molecule has 0 aliphatic heterocycles. The van der Waals surface area contributed by atoms with Crippen LogP contribution in [0.2, 0.25) is 0 Å². The fraction of sp³-hybridized carbons (Fsp3) is 0.727. The van der Waals surface area contributed by atoms with Crippen LogP contribution in [0.15, 0.2) is 0 Å². The molecule has 1 aliphatic rings. The Morgan fingerprint density at radius 1 is 1.67 bits per heavy atom. The Hall–Kier alpha value is -1.37. The highest BCUT2D eigenvalue weighted by Gasteiger charge is 2.26. The third kappa shape index (κ3) is 3.70. The van der Waals surface area contributed by atoms with E-state index >= 15 is 0 Å². The van der Waals surface area contributed by atoms with Crippen LogP contribution in [0.25, 0.3) is 0 Å². The second-order valence-corrected chi connectivity index (χ2v) is 3.87. The van der Waals surface area contributed by atoms with Gasteiger partial charge < -0.3 is 4.74 Å². The maximum atomic E-state index is 11.5. The first-order valence-electron chi connectivity index (χ1n) is 5.23. The zero-order valence-corrected chi connectivity index (χ0v) is 8.86. The molecule has 0 radical (unpaired) electrons. The number of carbonyl (C=O) groups excluding carboxylic acids is 2. The Labute approximate surface area is 89.2 Å². The van der Waals surface area contributed by atoms with Crippen molar-refractivity contribution in [2.24, 2.45) is 5.92 Å². The average molecular weight is 209 g/mol. The van der Waals surface area contributed by atoms with Crippen LogP contribution in [-0.2, 0) is 14.3 Å². The lowest BCUT2D eigenvalue weighted by atomic mass is 9.84. The summed E-state index contributed by atoms with van der Waals surface area (Å²) in [5.74, 6) is -0.360. The summed E-state index contributed by atoms with van der Waals surface area (Å²) >= 11 is 0. The van der Waals surface area contributed by atoms with E-state index in [1.807, 2.05) is 6.07 Å². The number of hydrogen-bond acceptors (Lipinski definition) is 4. The minimum atomic E-state index is -0.769. The van der Waals surface area contributed by atoms with Gasteiger partial charge in [0.25, 0.3) is 0 Å². The van der Waals surface area contributed by atoms with Crippen molar-refractivity contribution in [1.29, 1.82) is 5.26 Å². The van der Waals surface area contributed by atoms with Crippen molar-refractivity contribution in [2.45, 2.75) is 45.1 Å². The van der Waals surface area contributed by atoms with Crippen LogP contribution in [0.3, 0.4) is 0 Å². The van der Waals surface area contributed by atoms with Gasteiger partial charge in [-0.15, -0.1) is 0 Å². The molecule has 2 unspecified atom stereocenters. The quantitative estimate of drug-likeness (QED) is 0.662. The number of ketones is 1. The highest BCUT2D eigenvalue weighted by atomic mass is 16.5. The highest BCUT2D eigenvalue weighted by Crippen LogP contribution is 2.25. The molecule has 0 N–H and O–H groups in total. The van der Waals surface area contributed by atoms with Crippen LogP contribution in [-0.4, -0.2) is 17.9 Å². The topological polar surface area (TPSA) is 67.2 Å². The maximum Gasteiger partial charge on any atom is 0.303 e. The van der Waals surface area contributed by atoms with Crippen LogP contribution in [0.1, 0.15) is 39.0 Å². The first-order chi connectivity index (χ1) is 7.13. The average Bonchev–Trinajstić information content (AvgIpc) is 2.19. The van der Waals surface area contributed by atoms with Crippen molar-refractivity contribution in [3.05, 3.63) is 0 Å². The van der Waals surface area contributed by atoms with E-state index in [1.165, 1.54) is 6.92 Å². The fourth-order valence-corrected chi connectivity index (χ4v) is 1.89. The zero-order chi connectivity index (χ0) is 11.3. The molecule has 0 saturated heterocycles. The second-order valence-electron chi connectivity index (χ2n) is 3.87. The summed E-state index contributed by atoms with van der Waals surface area (Å²) < 4.78 is 4.80. The molecule has 0 heterocycles. The molecule has 0 bridgehead atoms. The summed E-state index contributed by atoms with van der Waals surface area (Å²) in [6, 6.07) is 1.91. The Morgan fingerprint density at radius 2 is 2.40 bits per heavy atom. The van der Waals surface area contributed by atoms with E-state index in [0.717, 1.165) is 19.3 Å². The van der Waals surface area contributed by atoms with Gasteiger partial charge in [-0.25, -0.2) is 0 Å². The van der Waals surface area contributed by atoms with Crippen molar-refractivity contribution >= 4 is 11.8 Å². The molecule has 4 heteroatoms. The summed E-state index contributed by atoms with van der Waals surface area (Å²) in [5, 5.41) is 8.75. The lowest BCUT2D eigenvalue weighted by Crippen LogP contribution is -2.25. The van der Waals surface area contributed by atoms with E-state index in [2.05, 4.69) is 0 Å². The van der Waals surface area contributed by atoms with E-state index in [0.29, 0.717) is 12.8 Å². The van der Waals surface area contributed by atoms with E-state index in [9.17, 15) is 9.59 Å². The SMILES string of the molecule is CC(=O)OC(C#N)CC1CCCCC1=O. The number of Topliss-reactive ketones (excluding diaryl/α,β-unsaturated/α-hetero) is 1. The van der Waals surface area contributed by atoms with Gasteiger partial charge in [-0.1, -0.05) is 6.42 Å². The molecule has 1 fully saturated rings. The predicted molar refractivity (Wildman–Crippen MR) is 52.7 cm³/mol. The number of carbonyl (C=O) groups is 2. The van der Waals surface area contributed by atoms with E-state index in [-0.39, 0.29) is 11.7 Å². The van der Waals surface area contributed by atoms with Gasteiger partial charge >= 0.3 is 5.97 Å². The van der Waals surface area contributed by atoms with Crippen molar-refractivity contribution in [1.82, 2.24) is 0 Å². The van der Waals surface area contributed by atoms with Crippen molar-refractivity contribution in [3.63, 3.8) is 0 Å². The molecule has 1 aliphatic carbocycles. The van der Waals surface area contributed by atoms with Gasteiger partial charge in [0.1, 0.15) is 11.9 Å². The zero-order valence-electron chi connectivity index (χ0n) is 8.86. The molecule has 1 rings (SSSR count). The van der Waals surface area contributed by atoms with Crippen LogP contribution in [0.5, 0.6) is 0 Å². The normalized spacial score (nSPS) is 22.9. The molecule has 0 aromatic heterocycles. The van der Waals surface area contributed by atoms with Gasteiger partial charge in [-0.05, 0) is 12.8 Å². The number of esters is 1. The molecule has 4 nitrogen and oxygen atoms in total. The monoisotopic (exact) mass is 209 g/mol. The first kappa shape index (κ1) is 11.7. The smallest absolute Gasteiger partial charge is 0.303 e. The van der Waals surface area contributed by atoms with Crippen LogP contribution in [0, 0.1) is 17.2 Å². The largest absolute Gasteiger partial charge is 0.447 e. The van der Waals surface area contributed by atoms with E-state index < -0.39 is 12.1 Å². The van der Waals surface area contributed by atoms with Crippen molar-refractivity contribution in [3.8, 4) is 6.07 Å². The van der Waals surface area contributed by atoms with E-state index in [1.54, 1.807) is 0 Å². The molecule has 0 spiro atoms. The number of hydrogen-bond donors (Lipinski definition) is 0. The third-order valence-electron chi connectivity index (χ3n) is 2.63. The standard InChI is InChI=1S/C11H15NO3/c1-8(13)15-10(7-12)6-9-4-2-3-5-11(9)14/h9-10H,2-6H2,1H3. The summed E-state index contributed by atoms with van der Waals surface area (Å²) in [4.78, 5) is 22.2. The summed E-state index contributed by atoms with van der Waals surface area (Å²) in [6.45, 7) is 1.27. The minimum Gasteiger partial charge on any atom is -0.447 e. The lowest BCUT2D eigenvalue weighted by Gasteiger charge is -2.21. The molecule has 15 heavy (non-hydrogen) atoms. The van der Waals surface area contributed by atoms with Gasteiger partial charge in [0.05, 0.1) is 0 Å². The number of ether oxygens (including phenoxy) is 1.